The normalized spacial score (nSPS) is 11.7. The van der Waals surface area contributed by atoms with Gasteiger partial charge in [0.25, 0.3) is 0 Å². The average Bonchev–Trinajstić information content (AvgIpc) is 2.52. The molecule has 4 nitrogen and oxygen atoms in total. The second-order valence-electron chi connectivity index (χ2n) is 5.40. The highest BCUT2D eigenvalue weighted by molar-refractivity contribution is 7.89. The molecule has 2 aromatic carbocycles. The van der Waals surface area contributed by atoms with E-state index < -0.39 is 10.0 Å². The quantitative estimate of drug-likeness (QED) is 0.770. The van der Waals surface area contributed by atoms with E-state index in [0.29, 0.717) is 10.9 Å². The first-order chi connectivity index (χ1) is 10.9. The summed E-state index contributed by atoms with van der Waals surface area (Å²) in [7, 11) is -3.58. The Kier molecular flexibility index (Phi) is 6.04. The molecule has 0 spiro atoms. The number of rotatable bonds is 7. The van der Waals surface area contributed by atoms with Crippen LogP contribution in [0.1, 0.15) is 25.3 Å². The Labute approximate surface area is 142 Å². The summed E-state index contributed by atoms with van der Waals surface area (Å²) < 4.78 is 32.5. The molecule has 0 aromatic heterocycles. The highest BCUT2D eigenvalue weighted by Crippen LogP contribution is 2.25. The molecule has 6 heteroatoms. The third-order valence-corrected chi connectivity index (χ3v) is 4.99. The van der Waals surface area contributed by atoms with E-state index in [1.807, 2.05) is 24.3 Å². The maximum Gasteiger partial charge on any atom is 0.240 e. The molecular formula is C17H20ClNO3S. The van der Waals surface area contributed by atoms with E-state index in [4.69, 9.17) is 16.3 Å². The highest BCUT2D eigenvalue weighted by Gasteiger charge is 2.14. The van der Waals surface area contributed by atoms with Crippen LogP contribution in [0.4, 0.5) is 0 Å². The van der Waals surface area contributed by atoms with Gasteiger partial charge in [-0.3, -0.25) is 0 Å². The first kappa shape index (κ1) is 17.8. The smallest absolute Gasteiger partial charge is 0.240 e. The van der Waals surface area contributed by atoms with Gasteiger partial charge < -0.3 is 4.74 Å². The van der Waals surface area contributed by atoms with Gasteiger partial charge in [-0.05, 0) is 35.7 Å². The Morgan fingerprint density at radius 3 is 2.57 bits per heavy atom. The fraction of sp³-hybridized carbons (Fsp3) is 0.294. The molecule has 0 bridgehead atoms. The van der Waals surface area contributed by atoms with Gasteiger partial charge in [0.1, 0.15) is 12.4 Å². The van der Waals surface area contributed by atoms with Crippen molar-refractivity contribution in [2.75, 3.05) is 13.2 Å². The van der Waals surface area contributed by atoms with Crippen LogP contribution >= 0.6 is 11.6 Å². The summed E-state index contributed by atoms with van der Waals surface area (Å²) in [6.45, 7) is 4.61. The van der Waals surface area contributed by atoms with E-state index in [0.717, 1.165) is 11.3 Å². The summed E-state index contributed by atoms with van der Waals surface area (Å²) in [5, 5.41) is 0.384. The summed E-state index contributed by atoms with van der Waals surface area (Å²) in [5.41, 5.74) is 1.10. The van der Waals surface area contributed by atoms with E-state index in [-0.39, 0.29) is 18.0 Å². The summed E-state index contributed by atoms with van der Waals surface area (Å²) in [6.07, 6.45) is 0. The van der Waals surface area contributed by atoms with E-state index >= 15 is 0 Å². The zero-order chi connectivity index (χ0) is 16.9. The molecule has 0 atom stereocenters. The Bertz CT molecular complexity index is 760. The third-order valence-electron chi connectivity index (χ3n) is 3.30. The van der Waals surface area contributed by atoms with Crippen LogP contribution in [-0.2, 0) is 10.0 Å². The van der Waals surface area contributed by atoms with Crippen molar-refractivity contribution in [3.8, 4) is 5.75 Å². The van der Waals surface area contributed by atoms with Crippen molar-refractivity contribution < 1.29 is 13.2 Å². The van der Waals surface area contributed by atoms with Crippen molar-refractivity contribution in [2.24, 2.45) is 0 Å². The molecule has 0 unspecified atom stereocenters. The van der Waals surface area contributed by atoms with E-state index in [2.05, 4.69) is 18.6 Å². The van der Waals surface area contributed by atoms with Gasteiger partial charge in [-0.25, -0.2) is 13.1 Å². The van der Waals surface area contributed by atoms with Crippen molar-refractivity contribution in [1.82, 2.24) is 4.72 Å². The molecule has 0 aliphatic heterocycles. The van der Waals surface area contributed by atoms with Crippen LogP contribution in [0.5, 0.6) is 5.75 Å². The molecule has 0 saturated carbocycles. The minimum Gasteiger partial charge on any atom is -0.492 e. The van der Waals surface area contributed by atoms with Crippen molar-refractivity contribution in [2.45, 2.75) is 24.7 Å². The number of sulfonamides is 1. The SMILES string of the molecule is CC(C)c1ccccc1OCCNS(=O)(=O)c1cccc(Cl)c1. The summed E-state index contributed by atoms with van der Waals surface area (Å²) in [5.74, 6) is 1.12. The molecule has 0 radical (unpaired) electrons. The molecule has 2 rings (SSSR count). The molecule has 0 heterocycles. The minimum absolute atomic E-state index is 0.146. The number of hydrogen-bond acceptors (Lipinski definition) is 3. The fourth-order valence-corrected chi connectivity index (χ4v) is 3.46. The van der Waals surface area contributed by atoms with Crippen molar-refractivity contribution in [1.29, 1.82) is 0 Å². The van der Waals surface area contributed by atoms with Crippen LogP contribution in [0.3, 0.4) is 0 Å². The fourth-order valence-electron chi connectivity index (χ4n) is 2.14. The van der Waals surface area contributed by atoms with Crippen LogP contribution in [-0.4, -0.2) is 21.6 Å². The lowest BCUT2D eigenvalue weighted by Crippen LogP contribution is -2.28. The zero-order valence-electron chi connectivity index (χ0n) is 13.1. The van der Waals surface area contributed by atoms with Crippen LogP contribution in [0.15, 0.2) is 53.4 Å². The third kappa shape index (κ3) is 4.96. The van der Waals surface area contributed by atoms with Crippen LogP contribution in [0.2, 0.25) is 5.02 Å². The van der Waals surface area contributed by atoms with E-state index in [9.17, 15) is 8.42 Å². The highest BCUT2D eigenvalue weighted by atomic mass is 35.5. The predicted molar refractivity (Wildman–Crippen MR) is 92.7 cm³/mol. The standard InChI is InChI=1S/C17H20ClNO3S/c1-13(2)16-8-3-4-9-17(16)22-11-10-19-23(20,21)15-7-5-6-14(18)12-15/h3-9,12-13,19H,10-11H2,1-2H3. The second-order valence-corrected chi connectivity index (χ2v) is 7.60. The predicted octanol–water partition coefficient (Wildman–Crippen LogP) is 3.82. The molecule has 1 N–H and O–H groups in total. The number of halogens is 1. The Morgan fingerprint density at radius 1 is 1.13 bits per heavy atom. The number of ether oxygens (including phenoxy) is 1. The Balaban J connectivity index is 1.93. The summed E-state index contributed by atoms with van der Waals surface area (Å²) >= 11 is 5.82. The van der Waals surface area contributed by atoms with Crippen molar-refractivity contribution >= 4 is 21.6 Å². The molecule has 0 amide bonds. The van der Waals surface area contributed by atoms with Gasteiger partial charge in [0.15, 0.2) is 0 Å². The first-order valence-electron chi connectivity index (χ1n) is 7.37. The Hall–Kier alpha value is -1.56. The number of nitrogens with one attached hydrogen (secondary N) is 1. The second kappa shape index (κ2) is 7.81. The lowest BCUT2D eigenvalue weighted by Gasteiger charge is -2.14. The molecular weight excluding hydrogens is 334 g/mol. The number of para-hydroxylation sites is 1. The minimum atomic E-state index is -3.58. The van der Waals surface area contributed by atoms with E-state index in [1.54, 1.807) is 12.1 Å². The number of hydrogen-bond donors (Lipinski definition) is 1. The van der Waals surface area contributed by atoms with Gasteiger partial charge >= 0.3 is 0 Å². The number of benzene rings is 2. The lowest BCUT2D eigenvalue weighted by atomic mass is 10.0. The maximum atomic E-state index is 12.1. The molecule has 124 valence electrons. The van der Waals surface area contributed by atoms with Crippen LogP contribution in [0, 0.1) is 0 Å². The largest absolute Gasteiger partial charge is 0.492 e. The van der Waals surface area contributed by atoms with Crippen molar-refractivity contribution in [3.63, 3.8) is 0 Å². The van der Waals surface area contributed by atoms with Gasteiger partial charge in [0, 0.05) is 11.6 Å². The van der Waals surface area contributed by atoms with Gasteiger partial charge in [0.05, 0.1) is 4.90 Å². The molecule has 23 heavy (non-hydrogen) atoms. The average molecular weight is 354 g/mol. The van der Waals surface area contributed by atoms with Crippen LogP contribution < -0.4 is 9.46 Å². The van der Waals surface area contributed by atoms with E-state index in [1.165, 1.54) is 12.1 Å². The van der Waals surface area contributed by atoms with Gasteiger partial charge in [0.2, 0.25) is 10.0 Å². The molecule has 0 fully saturated rings. The first-order valence-corrected chi connectivity index (χ1v) is 9.23. The maximum absolute atomic E-state index is 12.1. The van der Waals surface area contributed by atoms with Gasteiger partial charge in [-0.1, -0.05) is 49.7 Å². The molecule has 0 aliphatic carbocycles. The molecule has 0 aliphatic rings. The van der Waals surface area contributed by atoms with Gasteiger partial charge in [-0.2, -0.15) is 0 Å². The molecule has 0 saturated heterocycles. The summed E-state index contributed by atoms with van der Waals surface area (Å²) in [4.78, 5) is 0.146. The zero-order valence-corrected chi connectivity index (χ0v) is 14.7. The lowest BCUT2D eigenvalue weighted by molar-refractivity contribution is 0.318. The molecule has 2 aromatic rings. The summed E-state index contributed by atoms with van der Waals surface area (Å²) in [6, 6.07) is 13.9. The van der Waals surface area contributed by atoms with Crippen LogP contribution in [0.25, 0.3) is 0 Å². The van der Waals surface area contributed by atoms with Gasteiger partial charge in [-0.15, -0.1) is 0 Å². The Morgan fingerprint density at radius 2 is 1.87 bits per heavy atom. The topological polar surface area (TPSA) is 55.4 Å². The monoisotopic (exact) mass is 353 g/mol. The van der Waals surface area contributed by atoms with Crippen molar-refractivity contribution in [3.05, 3.63) is 59.1 Å².